The van der Waals surface area contributed by atoms with Gasteiger partial charge in [-0.2, -0.15) is 0 Å². The molecule has 0 fully saturated rings. The van der Waals surface area contributed by atoms with Crippen LogP contribution in [0.25, 0.3) is 10.6 Å². The van der Waals surface area contributed by atoms with E-state index in [1.807, 2.05) is 64.1 Å². The normalized spacial score (nSPS) is 11.4. The summed E-state index contributed by atoms with van der Waals surface area (Å²) >= 11 is -0.556. The molecule has 2 amide bonds. The van der Waals surface area contributed by atoms with Gasteiger partial charge in [0, 0.05) is 0 Å². The molecule has 0 radical (unpaired) electrons. The molecule has 4 nitrogen and oxygen atoms in total. The van der Waals surface area contributed by atoms with Crippen molar-refractivity contribution in [1.29, 1.82) is 0 Å². The average Bonchev–Trinajstić information content (AvgIpc) is 2.75. The number of hydrogen-bond donors (Lipinski definition) is 0. The Morgan fingerprint density at radius 2 is 1.03 bits per heavy atom. The summed E-state index contributed by atoms with van der Waals surface area (Å²) in [5.41, 5.74) is 1.34. The van der Waals surface area contributed by atoms with Gasteiger partial charge in [0.2, 0.25) is 0 Å². The standard InChI is InChI=1S/2C11H15NO.2ClH.Ti/c2*1-3-9(2)12-11(13)10-7-5-4-6-8-10;;;/h2*4-9H,3H2,1-2H3,(H,12,13);2*1H;/q;;;;+2/p-4. The fourth-order valence-electron chi connectivity index (χ4n) is 1.89. The second-order valence-electron chi connectivity index (χ2n) is 6.19. The third kappa shape index (κ3) is 13.5. The Kier molecular flexibility index (Phi) is 16.7. The van der Waals surface area contributed by atoms with E-state index in [1.54, 1.807) is 24.3 Å². The predicted octanol–water partition coefficient (Wildman–Crippen LogP) is 7.37. The van der Waals surface area contributed by atoms with Crippen molar-refractivity contribution in [2.75, 3.05) is 0 Å². The first kappa shape index (κ1) is 27.7. The van der Waals surface area contributed by atoms with Gasteiger partial charge >= 0.3 is 35.6 Å². The summed E-state index contributed by atoms with van der Waals surface area (Å²) in [6, 6.07) is 18.5. The minimum atomic E-state index is -0.556. The number of carbonyl (C=O) groups is 2. The fourth-order valence-corrected chi connectivity index (χ4v) is 1.89. The molecule has 0 N–H and O–H groups in total. The number of carbonyl (C=O) groups excluding carboxylic acids is 2. The first-order chi connectivity index (χ1) is 13.9. The predicted molar refractivity (Wildman–Crippen MR) is 119 cm³/mol. The van der Waals surface area contributed by atoms with Crippen LogP contribution in [0, 0.1) is 0 Å². The van der Waals surface area contributed by atoms with Crippen LogP contribution in [-0.4, -0.2) is 23.9 Å². The molecule has 2 aromatic rings. The van der Waals surface area contributed by atoms with Gasteiger partial charge in [0.15, 0.2) is 0 Å². The second-order valence-corrected chi connectivity index (χ2v) is 8.77. The van der Waals surface area contributed by atoms with Gasteiger partial charge in [-0.3, -0.25) is 0 Å². The molecule has 0 aliphatic carbocycles. The monoisotopic (exact) mass is 470 g/mol. The molecule has 0 aromatic heterocycles. The van der Waals surface area contributed by atoms with Crippen molar-refractivity contribution in [1.82, 2.24) is 0 Å². The van der Waals surface area contributed by atoms with Crippen LogP contribution in [0.15, 0.2) is 60.7 Å². The third-order valence-electron chi connectivity index (χ3n) is 3.90. The number of nitrogens with zero attached hydrogens (tertiary/aromatic N) is 2. The van der Waals surface area contributed by atoms with Crippen molar-refractivity contribution < 1.29 is 26.6 Å². The van der Waals surface area contributed by atoms with E-state index in [0.29, 0.717) is 11.1 Å². The summed E-state index contributed by atoms with van der Waals surface area (Å²) in [4.78, 5) is 22.9. The van der Waals surface area contributed by atoms with E-state index >= 15 is 0 Å². The van der Waals surface area contributed by atoms with E-state index in [-0.39, 0.29) is 23.9 Å². The summed E-state index contributed by atoms with van der Waals surface area (Å²) in [6.07, 6.45) is 1.80. The van der Waals surface area contributed by atoms with E-state index < -0.39 is 17.0 Å². The van der Waals surface area contributed by atoms with Crippen molar-refractivity contribution in [3.63, 3.8) is 0 Å². The summed E-state index contributed by atoms with van der Waals surface area (Å²) in [6.45, 7) is 7.93. The second kappa shape index (κ2) is 17.5. The number of amides is 2. The quantitative estimate of drug-likeness (QED) is 0.413. The maximum absolute atomic E-state index is 11.4. The van der Waals surface area contributed by atoms with Crippen molar-refractivity contribution in [2.45, 2.75) is 52.6 Å². The van der Waals surface area contributed by atoms with Crippen LogP contribution < -0.4 is 0 Å². The van der Waals surface area contributed by atoms with Gasteiger partial charge in [-0.1, -0.05) is 101 Å². The summed E-state index contributed by atoms with van der Waals surface area (Å²) in [5, 5.41) is 8.05. The molecular formula is C22H28Cl2N2O2Ti-2. The van der Waals surface area contributed by atoms with Crippen LogP contribution in [0.1, 0.15) is 61.3 Å². The Hall–Kier alpha value is -1.33. The molecule has 7 heteroatoms. The zero-order valence-electron chi connectivity index (χ0n) is 17.3. The number of benzene rings is 2. The van der Waals surface area contributed by atoms with E-state index in [4.69, 9.17) is 18.6 Å². The third-order valence-corrected chi connectivity index (χ3v) is 3.90. The first-order valence-electron chi connectivity index (χ1n) is 9.46. The Balaban J connectivity index is 0.000000477. The minimum absolute atomic E-state index is 0.116. The van der Waals surface area contributed by atoms with Gasteiger partial charge < -0.3 is 20.2 Å². The number of hydrogen-bond acceptors (Lipinski definition) is 2. The van der Waals surface area contributed by atoms with Gasteiger partial charge in [0.05, 0.1) is 11.8 Å². The molecule has 0 bridgehead atoms. The molecule has 29 heavy (non-hydrogen) atoms. The Morgan fingerprint density at radius 3 is 1.28 bits per heavy atom. The van der Waals surface area contributed by atoms with Crippen molar-refractivity contribution in [2.24, 2.45) is 0 Å². The molecule has 2 unspecified atom stereocenters. The van der Waals surface area contributed by atoms with E-state index in [1.165, 1.54) is 0 Å². The molecule has 0 saturated carbocycles. The Morgan fingerprint density at radius 1 is 0.759 bits per heavy atom. The molecule has 0 spiro atoms. The first-order valence-corrected chi connectivity index (χ1v) is 13.8. The maximum atomic E-state index is 11.4. The van der Waals surface area contributed by atoms with Crippen LogP contribution in [0.5, 0.6) is 0 Å². The Labute approximate surface area is 191 Å². The molecule has 0 aliphatic heterocycles. The average molecular weight is 471 g/mol. The molecule has 0 heterocycles. The van der Waals surface area contributed by atoms with Crippen molar-refractivity contribution in [3.05, 3.63) is 82.4 Å². The van der Waals surface area contributed by atoms with Crippen LogP contribution in [0.3, 0.4) is 0 Å². The van der Waals surface area contributed by atoms with Gasteiger partial charge in [-0.15, -0.1) is 12.1 Å². The molecule has 0 saturated heterocycles. The molecule has 2 aromatic carbocycles. The van der Waals surface area contributed by atoms with Gasteiger partial charge in [-0.25, -0.2) is 0 Å². The summed E-state index contributed by atoms with van der Waals surface area (Å²) < 4.78 is 0. The molecule has 2 atom stereocenters. The zero-order valence-corrected chi connectivity index (χ0v) is 20.4. The topological polar surface area (TPSA) is 62.3 Å². The van der Waals surface area contributed by atoms with E-state index in [0.717, 1.165) is 12.8 Å². The van der Waals surface area contributed by atoms with Crippen molar-refractivity contribution >= 4 is 30.4 Å². The molecule has 158 valence electrons. The summed E-state index contributed by atoms with van der Waals surface area (Å²) in [5.74, 6) is -0.232. The molecule has 0 aliphatic rings. The van der Waals surface area contributed by atoms with Gasteiger partial charge in [0.1, 0.15) is 0 Å². The van der Waals surface area contributed by atoms with Crippen LogP contribution >= 0.6 is 18.6 Å². The molecular weight excluding hydrogens is 443 g/mol. The summed E-state index contributed by atoms with van der Waals surface area (Å²) in [7, 11) is 9.78. The zero-order chi connectivity index (χ0) is 22.1. The van der Waals surface area contributed by atoms with Crippen LogP contribution in [0.4, 0.5) is 0 Å². The fraction of sp³-hybridized carbons (Fsp3) is 0.364. The van der Waals surface area contributed by atoms with E-state index in [2.05, 4.69) is 10.6 Å². The van der Waals surface area contributed by atoms with Gasteiger partial charge in [0.25, 0.3) is 0 Å². The van der Waals surface area contributed by atoms with Gasteiger partial charge in [-0.05, 0) is 11.1 Å². The van der Waals surface area contributed by atoms with Crippen LogP contribution in [0.2, 0.25) is 0 Å². The number of halogens is 2. The van der Waals surface area contributed by atoms with Crippen LogP contribution in [-0.2, 0) is 17.0 Å². The number of rotatable bonds is 6. The Bertz CT molecular complexity index is 628. The molecule has 2 rings (SSSR count). The van der Waals surface area contributed by atoms with Crippen molar-refractivity contribution in [3.8, 4) is 0 Å². The van der Waals surface area contributed by atoms with E-state index in [9.17, 15) is 9.59 Å². The SMILES string of the molecule is CCC(C)[N-]C(=O)c1ccccc1.CCC(C)[N-]C(=O)c1ccccc1.[Cl][Ti][Cl].